The van der Waals surface area contributed by atoms with Gasteiger partial charge in [0, 0.05) is 21.4 Å². The zero-order valence-electron chi connectivity index (χ0n) is 17.9. The number of anilines is 2. The van der Waals surface area contributed by atoms with Crippen LogP contribution in [0.15, 0.2) is 60.7 Å². The summed E-state index contributed by atoms with van der Waals surface area (Å²) in [6.45, 7) is -0.272. The molecule has 0 spiro atoms. The van der Waals surface area contributed by atoms with Crippen molar-refractivity contribution in [3.8, 4) is 11.5 Å². The zero-order chi connectivity index (χ0) is 24.2. The number of carbonyl (C=O) groups excluding carboxylic acids is 2. The van der Waals surface area contributed by atoms with Gasteiger partial charge in [-0.2, -0.15) is 0 Å². The Hall–Kier alpha value is -2.58. The van der Waals surface area contributed by atoms with Crippen LogP contribution in [0.5, 0.6) is 11.5 Å². The average molecular weight is 538 g/mol. The van der Waals surface area contributed by atoms with E-state index in [1.54, 1.807) is 65.6 Å². The summed E-state index contributed by atoms with van der Waals surface area (Å²) in [5, 5.41) is 3.85. The number of ether oxygens (including phenoxy) is 2. The van der Waals surface area contributed by atoms with Gasteiger partial charge in [-0.25, -0.2) is 0 Å². The fourth-order valence-corrected chi connectivity index (χ4v) is 5.12. The third-order valence-electron chi connectivity index (χ3n) is 4.99. The van der Waals surface area contributed by atoms with Crippen LogP contribution < -0.4 is 19.7 Å². The predicted octanol–water partition coefficient (Wildman–Crippen LogP) is 6.45. The third-order valence-corrected chi connectivity index (χ3v) is 6.98. The number of methoxy groups -OCH3 is 1. The third kappa shape index (κ3) is 5.55. The molecule has 1 fully saturated rings. The van der Waals surface area contributed by atoms with Gasteiger partial charge in [0.2, 0.25) is 5.91 Å². The van der Waals surface area contributed by atoms with Crippen molar-refractivity contribution in [2.24, 2.45) is 0 Å². The second-order valence-electron chi connectivity index (χ2n) is 7.28. The number of rotatable bonds is 7. The molecular weight excluding hydrogens is 519 g/mol. The molecular formula is C24H19Cl3N2O4S. The molecule has 10 heteroatoms. The van der Waals surface area contributed by atoms with Crippen LogP contribution in [0.4, 0.5) is 11.4 Å². The van der Waals surface area contributed by atoms with E-state index in [4.69, 9.17) is 44.3 Å². The van der Waals surface area contributed by atoms with E-state index in [2.05, 4.69) is 5.32 Å². The normalized spacial score (nSPS) is 15.4. The molecule has 6 nitrogen and oxygen atoms in total. The number of hydrogen-bond acceptors (Lipinski definition) is 5. The van der Waals surface area contributed by atoms with Crippen LogP contribution in [-0.2, 0) is 9.59 Å². The summed E-state index contributed by atoms with van der Waals surface area (Å²) in [6.07, 6.45) is 0. The second kappa shape index (κ2) is 10.8. The van der Waals surface area contributed by atoms with E-state index in [-0.39, 0.29) is 34.6 Å². The highest BCUT2D eigenvalue weighted by atomic mass is 35.5. The predicted molar refractivity (Wildman–Crippen MR) is 138 cm³/mol. The molecule has 1 heterocycles. The number of halogens is 3. The summed E-state index contributed by atoms with van der Waals surface area (Å²) >= 11 is 19.9. The maximum atomic E-state index is 12.6. The first-order chi connectivity index (χ1) is 16.4. The molecule has 0 saturated carbocycles. The lowest BCUT2D eigenvalue weighted by Crippen LogP contribution is -2.27. The molecule has 1 atom stereocenters. The summed E-state index contributed by atoms with van der Waals surface area (Å²) in [5.74, 6) is 0.544. The van der Waals surface area contributed by atoms with Gasteiger partial charge in [0.15, 0.2) is 18.1 Å². The van der Waals surface area contributed by atoms with Crippen LogP contribution in [0, 0.1) is 0 Å². The maximum Gasteiger partial charge on any atom is 0.262 e. The fourth-order valence-electron chi connectivity index (χ4n) is 3.44. The summed E-state index contributed by atoms with van der Waals surface area (Å²) < 4.78 is 11.2. The molecule has 34 heavy (non-hydrogen) atoms. The number of thioether (sulfide) groups is 1. The first-order valence-corrected chi connectivity index (χ1v) is 12.3. The highest BCUT2D eigenvalue weighted by molar-refractivity contribution is 8.00. The van der Waals surface area contributed by atoms with E-state index in [0.29, 0.717) is 27.2 Å². The van der Waals surface area contributed by atoms with Crippen LogP contribution >= 0.6 is 46.6 Å². The average Bonchev–Trinajstić information content (AvgIpc) is 3.21. The largest absolute Gasteiger partial charge is 0.493 e. The van der Waals surface area contributed by atoms with Crippen molar-refractivity contribution in [3.63, 3.8) is 0 Å². The summed E-state index contributed by atoms with van der Waals surface area (Å²) in [5.41, 5.74) is 2.10. The highest BCUT2D eigenvalue weighted by Gasteiger charge is 2.35. The van der Waals surface area contributed by atoms with Gasteiger partial charge in [0.25, 0.3) is 5.91 Å². The van der Waals surface area contributed by atoms with Crippen LogP contribution in [0.25, 0.3) is 0 Å². The van der Waals surface area contributed by atoms with Crippen molar-refractivity contribution in [2.75, 3.05) is 29.7 Å². The minimum absolute atomic E-state index is 0.0217. The van der Waals surface area contributed by atoms with E-state index in [9.17, 15) is 9.59 Å². The Balaban J connectivity index is 1.52. The molecule has 1 saturated heterocycles. The fraction of sp³-hybridized carbons (Fsp3) is 0.167. The molecule has 0 aliphatic carbocycles. The Labute approximate surface area is 216 Å². The van der Waals surface area contributed by atoms with Gasteiger partial charge in [-0.15, -0.1) is 11.8 Å². The summed E-state index contributed by atoms with van der Waals surface area (Å²) in [4.78, 5) is 26.6. The molecule has 0 bridgehead atoms. The topological polar surface area (TPSA) is 67.9 Å². The Morgan fingerprint density at radius 1 is 1.06 bits per heavy atom. The first kappa shape index (κ1) is 24.5. The second-order valence-corrected chi connectivity index (χ2v) is 9.63. The van der Waals surface area contributed by atoms with Crippen molar-refractivity contribution < 1.29 is 19.1 Å². The molecule has 2 amide bonds. The lowest BCUT2D eigenvalue weighted by atomic mass is 10.1. The van der Waals surface area contributed by atoms with Gasteiger partial charge in [-0.1, -0.05) is 34.8 Å². The maximum absolute atomic E-state index is 12.6. The SMILES string of the molecule is COc1cc([C@@H]2SCC(=O)N2c2ccc(Cl)cc2)cc(Cl)c1OCC(=O)Nc1ccc(Cl)cc1. The molecule has 0 unspecified atom stereocenters. The number of amides is 2. The molecule has 1 aliphatic rings. The van der Waals surface area contributed by atoms with E-state index in [0.717, 1.165) is 11.3 Å². The standard InChI is InChI=1S/C24H19Cl3N2O4S/c1-32-20-11-14(24-29(22(31)13-34-24)18-8-4-16(26)5-9-18)10-19(27)23(20)33-12-21(30)28-17-6-2-15(25)3-7-17/h2-11,24H,12-13H2,1H3,(H,28,30)/t24-/m0/s1. The van der Waals surface area contributed by atoms with E-state index >= 15 is 0 Å². The molecule has 1 aliphatic heterocycles. The molecule has 1 N–H and O–H groups in total. The van der Waals surface area contributed by atoms with Crippen LogP contribution in [0.2, 0.25) is 15.1 Å². The van der Waals surface area contributed by atoms with Gasteiger partial charge in [-0.3, -0.25) is 14.5 Å². The Kier molecular flexibility index (Phi) is 7.78. The monoisotopic (exact) mass is 536 g/mol. The highest BCUT2D eigenvalue weighted by Crippen LogP contribution is 2.46. The molecule has 4 rings (SSSR count). The van der Waals surface area contributed by atoms with Gasteiger partial charge in [-0.05, 0) is 66.2 Å². The first-order valence-electron chi connectivity index (χ1n) is 10.1. The van der Waals surface area contributed by atoms with E-state index in [1.165, 1.54) is 18.9 Å². The van der Waals surface area contributed by atoms with Crippen LogP contribution in [-0.4, -0.2) is 31.3 Å². The molecule has 0 aromatic heterocycles. The van der Waals surface area contributed by atoms with Crippen molar-refractivity contribution in [2.45, 2.75) is 5.37 Å². The van der Waals surface area contributed by atoms with Crippen molar-refractivity contribution >= 4 is 69.8 Å². The Morgan fingerprint density at radius 2 is 1.71 bits per heavy atom. The number of nitrogens with zero attached hydrogens (tertiary/aromatic N) is 1. The van der Waals surface area contributed by atoms with E-state index in [1.807, 2.05) is 0 Å². The van der Waals surface area contributed by atoms with Gasteiger partial charge < -0.3 is 14.8 Å². The minimum Gasteiger partial charge on any atom is -0.493 e. The quantitative estimate of drug-likeness (QED) is 0.375. The Bertz CT molecular complexity index is 1210. The van der Waals surface area contributed by atoms with Crippen LogP contribution in [0.1, 0.15) is 10.9 Å². The number of carbonyl (C=O) groups is 2. The summed E-state index contributed by atoms with van der Waals surface area (Å²) in [7, 11) is 1.49. The van der Waals surface area contributed by atoms with Crippen molar-refractivity contribution in [3.05, 3.63) is 81.3 Å². The number of hydrogen-bond donors (Lipinski definition) is 1. The van der Waals surface area contributed by atoms with Crippen molar-refractivity contribution in [1.82, 2.24) is 0 Å². The lowest BCUT2D eigenvalue weighted by molar-refractivity contribution is -0.118. The van der Waals surface area contributed by atoms with Gasteiger partial charge in [0.05, 0.1) is 17.9 Å². The number of nitrogens with one attached hydrogen (secondary N) is 1. The van der Waals surface area contributed by atoms with Crippen molar-refractivity contribution in [1.29, 1.82) is 0 Å². The smallest absolute Gasteiger partial charge is 0.262 e. The lowest BCUT2D eigenvalue weighted by Gasteiger charge is -2.25. The van der Waals surface area contributed by atoms with Gasteiger partial charge in [0.1, 0.15) is 5.37 Å². The Morgan fingerprint density at radius 3 is 2.35 bits per heavy atom. The molecule has 176 valence electrons. The molecule has 0 radical (unpaired) electrons. The molecule has 3 aromatic carbocycles. The number of benzene rings is 3. The molecule has 3 aromatic rings. The van der Waals surface area contributed by atoms with E-state index < -0.39 is 0 Å². The van der Waals surface area contributed by atoms with Gasteiger partial charge >= 0.3 is 0 Å². The minimum atomic E-state index is -0.365. The van der Waals surface area contributed by atoms with Crippen LogP contribution in [0.3, 0.4) is 0 Å². The zero-order valence-corrected chi connectivity index (χ0v) is 21.0. The summed E-state index contributed by atoms with van der Waals surface area (Å²) in [6, 6.07) is 17.3.